The lowest BCUT2D eigenvalue weighted by Gasteiger charge is -2.22. The van der Waals surface area contributed by atoms with E-state index in [1.165, 1.54) is 38.9 Å². The van der Waals surface area contributed by atoms with Crippen molar-refractivity contribution in [1.82, 2.24) is 10.2 Å². The largest absolute Gasteiger partial charge is 0.310 e. The van der Waals surface area contributed by atoms with Gasteiger partial charge < -0.3 is 10.2 Å². The maximum atomic E-state index is 3.62. The molecule has 0 aromatic heterocycles. The van der Waals surface area contributed by atoms with Crippen LogP contribution in [0.25, 0.3) is 0 Å². The molecule has 2 aliphatic heterocycles. The first-order valence-electron chi connectivity index (χ1n) is 4.24. The Hall–Kier alpha value is 0.210. The summed E-state index contributed by atoms with van der Waals surface area (Å²) < 4.78 is 0. The second-order valence-electron chi connectivity index (χ2n) is 3.80. The summed E-state index contributed by atoms with van der Waals surface area (Å²) in [5.41, 5.74) is 0.536. The fraction of sp³-hybridized carbons (Fsp3) is 1.00. The number of hydrogen-bond acceptors (Lipinski definition) is 2. The molecule has 0 saturated carbocycles. The van der Waals surface area contributed by atoms with Crippen molar-refractivity contribution < 1.29 is 0 Å². The summed E-state index contributed by atoms with van der Waals surface area (Å²) in [6.07, 6.45) is 4.15. The number of nitrogens with one attached hydrogen (secondary N) is 1. The maximum Gasteiger partial charge on any atom is 0.0321 e. The molecule has 1 spiro atoms. The van der Waals surface area contributed by atoms with Crippen molar-refractivity contribution in [1.29, 1.82) is 0 Å². The summed E-state index contributed by atoms with van der Waals surface area (Å²) in [5, 5.41) is 3.62. The lowest BCUT2D eigenvalue weighted by Crippen LogP contribution is -2.41. The van der Waals surface area contributed by atoms with Crippen LogP contribution in [0.4, 0.5) is 0 Å². The molecule has 2 rings (SSSR count). The van der Waals surface area contributed by atoms with E-state index in [-0.39, 0.29) is 12.4 Å². The highest BCUT2D eigenvalue weighted by Crippen LogP contribution is 2.28. The third kappa shape index (κ3) is 1.68. The van der Waals surface area contributed by atoms with Gasteiger partial charge in [-0.05, 0) is 39.4 Å². The molecule has 0 bridgehead atoms. The van der Waals surface area contributed by atoms with Crippen LogP contribution in [0.5, 0.6) is 0 Å². The van der Waals surface area contributed by atoms with Crippen LogP contribution in [-0.2, 0) is 0 Å². The van der Waals surface area contributed by atoms with Crippen molar-refractivity contribution in [3.8, 4) is 0 Å². The molecule has 0 aromatic rings. The Morgan fingerprint density at radius 1 is 1.36 bits per heavy atom. The summed E-state index contributed by atoms with van der Waals surface area (Å²) in [5.74, 6) is 0. The monoisotopic (exact) mass is 176 g/mol. The number of hydrogen-bond donors (Lipinski definition) is 1. The lowest BCUT2D eigenvalue weighted by molar-refractivity contribution is 0.344. The van der Waals surface area contributed by atoms with E-state index in [4.69, 9.17) is 0 Å². The van der Waals surface area contributed by atoms with Crippen molar-refractivity contribution in [3.05, 3.63) is 0 Å². The third-order valence-electron chi connectivity index (χ3n) is 2.88. The fourth-order valence-corrected chi connectivity index (χ4v) is 2.30. The van der Waals surface area contributed by atoms with Gasteiger partial charge in [0.25, 0.3) is 0 Å². The molecule has 0 amide bonds. The SMILES string of the molecule is CN1CCC2(CCCN2)C1.Cl. The summed E-state index contributed by atoms with van der Waals surface area (Å²) >= 11 is 0. The van der Waals surface area contributed by atoms with Gasteiger partial charge in [-0.2, -0.15) is 0 Å². The quantitative estimate of drug-likeness (QED) is 0.589. The van der Waals surface area contributed by atoms with Crippen LogP contribution in [0.3, 0.4) is 0 Å². The number of likely N-dealkylation sites (tertiary alicyclic amines) is 1. The molecular formula is C8H17ClN2. The van der Waals surface area contributed by atoms with E-state index in [0.717, 1.165) is 0 Å². The molecule has 66 valence electrons. The van der Waals surface area contributed by atoms with E-state index in [0.29, 0.717) is 5.54 Å². The molecule has 2 saturated heterocycles. The van der Waals surface area contributed by atoms with Gasteiger partial charge in [-0.3, -0.25) is 0 Å². The van der Waals surface area contributed by atoms with Crippen molar-refractivity contribution in [2.45, 2.75) is 24.8 Å². The smallest absolute Gasteiger partial charge is 0.0321 e. The third-order valence-corrected chi connectivity index (χ3v) is 2.88. The Morgan fingerprint density at radius 2 is 2.18 bits per heavy atom. The van der Waals surface area contributed by atoms with E-state index in [2.05, 4.69) is 17.3 Å². The molecule has 0 aliphatic carbocycles. The van der Waals surface area contributed by atoms with Gasteiger partial charge in [-0.15, -0.1) is 12.4 Å². The zero-order valence-corrected chi connectivity index (χ0v) is 7.91. The number of likely N-dealkylation sites (N-methyl/N-ethyl adjacent to an activating group) is 1. The first-order valence-corrected chi connectivity index (χ1v) is 4.24. The topological polar surface area (TPSA) is 15.3 Å². The molecule has 1 atom stereocenters. The van der Waals surface area contributed by atoms with Crippen LogP contribution < -0.4 is 5.32 Å². The van der Waals surface area contributed by atoms with Gasteiger partial charge in [0.1, 0.15) is 0 Å². The van der Waals surface area contributed by atoms with E-state index >= 15 is 0 Å². The normalized spacial score (nSPS) is 37.9. The Bertz CT molecular complexity index is 132. The second-order valence-corrected chi connectivity index (χ2v) is 3.80. The lowest BCUT2D eigenvalue weighted by atomic mass is 9.97. The van der Waals surface area contributed by atoms with E-state index < -0.39 is 0 Å². The molecule has 0 aromatic carbocycles. The zero-order chi connectivity index (χ0) is 7.03. The predicted molar refractivity (Wildman–Crippen MR) is 49.3 cm³/mol. The van der Waals surface area contributed by atoms with Gasteiger partial charge in [-0.25, -0.2) is 0 Å². The molecule has 1 unspecified atom stereocenters. The predicted octanol–water partition coefficient (Wildman–Crippen LogP) is 0.866. The molecular weight excluding hydrogens is 160 g/mol. The van der Waals surface area contributed by atoms with Gasteiger partial charge in [0.15, 0.2) is 0 Å². The van der Waals surface area contributed by atoms with Crippen LogP contribution in [0.2, 0.25) is 0 Å². The van der Waals surface area contributed by atoms with Crippen LogP contribution in [0, 0.1) is 0 Å². The molecule has 2 heterocycles. The average molecular weight is 177 g/mol. The summed E-state index contributed by atoms with van der Waals surface area (Å²) in [7, 11) is 2.22. The number of nitrogens with zero attached hydrogens (tertiary/aromatic N) is 1. The Balaban J connectivity index is 0.000000605. The first kappa shape index (κ1) is 9.30. The summed E-state index contributed by atoms with van der Waals surface area (Å²) in [6, 6.07) is 0. The minimum atomic E-state index is 0. The first-order chi connectivity index (χ1) is 4.81. The van der Waals surface area contributed by atoms with Gasteiger partial charge in [0.05, 0.1) is 0 Å². The van der Waals surface area contributed by atoms with Crippen molar-refractivity contribution in [2.75, 3.05) is 26.7 Å². The zero-order valence-electron chi connectivity index (χ0n) is 7.10. The fourth-order valence-electron chi connectivity index (χ4n) is 2.30. The molecule has 2 nitrogen and oxygen atoms in total. The van der Waals surface area contributed by atoms with Crippen molar-refractivity contribution >= 4 is 12.4 Å². The second kappa shape index (κ2) is 3.30. The summed E-state index contributed by atoms with van der Waals surface area (Å²) in [4.78, 5) is 2.43. The Labute approximate surface area is 74.7 Å². The van der Waals surface area contributed by atoms with E-state index in [1.54, 1.807) is 0 Å². The molecule has 11 heavy (non-hydrogen) atoms. The van der Waals surface area contributed by atoms with Crippen LogP contribution in [0.1, 0.15) is 19.3 Å². The average Bonchev–Trinajstić information content (AvgIpc) is 2.46. The van der Waals surface area contributed by atoms with Crippen LogP contribution in [-0.4, -0.2) is 37.1 Å². The highest BCUT2D eigenvalue weighted by Gasteiger charge is 2.38. The standard InChI is InChI=1S/C8H16N2.ClH/c1-10-6-4-8(7-10)3-2-5-9-8;/h9H,2-7H2,1H3;1H. The summed E-state index contributed by atoms with van der Waals surface area (Å²) in [6.45, 7) is 3.80. The van der Waals surface area contributed by atoms with E-state index in [1.807, 2.05) is 0 Å². The van der Waals surface area contributed by atoms with Gasteiger partial charge in [0, 0.05) is 12.1 Å². The molecule has 2 aliphatic rings. The molecule has 0 radical (unpaired) electrons. The molecule has 2 fully saturated rings. The Kier molecular flexibility index (Phi) is 2.79. The van der Waals surface area contributed by atoms with Crippen molar-refractivity contribution in [2.24, 2.45) is 0 Å². The minimum absolute atomic E-state index is 0. The molecule has 1 N–H and O–H groups in total. The van der Waals surface area contributed by atoms with Gasteiger partial charge >= 0.3 is 0 Å². The van der Waals surface area contributed by atoms with Crippen LogP contribution in [0.15, 0.2) is 0 Å². The highest BCUT2D eigenvalue weighted by atomic mass is 35.5. The highest BCUT2D eigenvalue weighted by molar-refractivity contribution is 5.85. The van der Waals surface area contributed by atoms with Gasteiger partial charge in [-0.1, -0.05) is 0 Å². The molecule has 3 heteroatoms. The number of rotatable bonds is 0. The minimum Gasteiger partial charge on any atom is -0.310 e. The van der Waals surface area contributed by atoms with Crippen LogP contribution >= 0.6 is 12.4 Å². The number of halogens is 1. The Morgan fingerprint density at radius 3 is 2.64 bits per heavy atom. The maximum absolute atomic E-state index is 3.62. The van der Waals surface area contributed by atoms with Gasteiger partial charge in [0.2, 0.25) is 0 Å². The van der Waals surface area contributed by atoms with Crippen molar-refractivity contribution in [3.63, 3.8) is 0 Å². The van der Waals surface area contributed by atoms with E-state index in [9.17, 15) is 0 Å².